The van der Waals surface area contributed by atoms with Gasteiger partial charge in [-0.3, -0.25) is 14.8 Å². The predicted molar refractivity (Wildman–Crippen MR) is 150 cm³/mol. The van der Waals surface area contributed by atoms with E-state index in [0.717, 1.165) is 26.9 Å². The van der Waals surface area contributed by atoms with Gasteiger partial charge < -0.3 is 4.98 Å². The van der Waals surface area contributed by atoms with E-state index in [4.69, 9.17) is 23.2 Å². The Balaban J connectivity index is 0.000000258. The lowest BCUT2D eigenvalue weighted by Gasteiger charge is -2.01. The van der Waals surface area contributed by atoms with Crippen molar-refractivity contribution in [2.45, 2.75) is 21.3 Å². The lowest BCUT2D eigenvalue weighted by atomic mass is 10.3. The number of rotatable bonds is 0. The number of pyridine rings is 4. The first kappa shape index (κ1) is 28.9. The molecule has 0 atom stereocenters. The van der Waals surface area contributed by atoms with Crippen molar-refractivity contribution in [3.8, 4) is 0 Å². The Kier molecular flexibility index (Phi) is 12.6. The van der Waals surface area contributed by atoms with Crippen molar-refractivity contribution in [2.24, 2.45) is 0 Å². The molecular weight excluding hydrogens is 722 g/mol. The molecule has 4 aromatic rings. The van der Waals surface area contributed by atoms with E-state index < -0.39 is 0 Å². The van der Waals surface area contributed by atoms with Crippen molar-refractivity contribution < 1.29 is 0 Å². The zero-order valence-electron chi connectivity index (χ0n) is 15.4. The van der Waals surface area contributed by atoms with Gasteiger partial charge in [0.2, 0.25) is 5.43 Å². The molecule has 0 bridgehead atoms. The third-order valence-electron chi connectivity index (χ3n) is 3.57. The summed E-state index contributed by atoms with van der Waals surface area (Å²) in [5.41, 5.74) is 4.30. The van der Waals surface area contributed by atoms with Crippen LogP contribution in [-0.4, -0.2) is 19.9 Å². The Bertz CT molecular complexity index is 1230. The van der Waals surface area contributed by atoms with Gasteiger partial charge in [0, 0.05) is 23.8 Å². The smallest absolute Gasteiger partial charge is 0.226 e. The highest BCUT2D eigenvalue weighted by molar-refractivity contribution is 9.93. The van der Waals surface area contributed by atoms with Gasteiger partial charge in [0.15, 0.2) is 0 Å². The largest absolute Gasteiger partial charge is 0.358 e. The van der Waals surface area contributed by atoms with Crippen LogP contribution in [0, 0.1) is 13.8 Å². The number of nitrogens with zero attached hydrogens (tertiary/aromatic N) is 3. The molecule has 0 unspecified atom stereocenters. The zero-order valence-corrected chi connectivity index (χ0v) is 24.2. The van der Waals surface area contributed by atoms with Crippen LogP contribution in [0.15, 0.2) is 45.9 Å². The average Bonchev–Trinajstić information content (AvgIpc) is 2.69. The number of halogens is 6. The van der Waals surface area contributed by atoms with Crippen LogP contribution in [0.2, 0.25) is 10.0 Å². The molecule has 0 aliphatic heterocycles. The maximum atomic E-state index is 11.5. The van der Waals surface area contributed by atoms with Crippen molar-refractivity contribution >= 4 is 112 Å². The molecule has 0 aromatic carbocycles. The summed E-state index contributed by atoms with van der Waals surface area (Å²) in [6.45, 7) is 3.77. The van der Waals surface area contributed by atoms with E-state index >= 15 is 0 Å². The third-order valence-corrected chi connectivity index (χ3v) is 5.17. The highest BCUT2D eigenvalue weighted by Gasteiger charge is 2.05. The number of aromatic amines is 1. The molecule has 0 aliphatic rings. The van der Waals surface area contributed by atoms with Crippen molar-refractivity contribution in [1.82, 2.24) is 19.9 Å². The maximum absolute atomic E-state index is 11.5. The van der Waals surface area contributed by atoms with Crippen molar-refractivity contribution in [1.29, 1.82) is 0 Å². The second kappa shape index (κ2) is 13.5. The quantitative estimate of drug-likeness (QED) is 0.183. The van der Waals surface area contributed by atoms with Crippen LogP contribution in [0.5, 0.6) is 0 Å². The van der Waals surface area contributed by atoms with Crippen molar-refractivity contribution in [3.63, 3.8) is 0 Å². The van der Waals surface area contributed by atoms with E-state index in [1.807, 2.05) is 38.1 Å². The molecule has 1 N–H and O–H groups in total. The fraction of sp³-hybridized carbons (Fsp3) is 0.158. The van der Waals surface area contributed by atoms with E-state index in [1.165, 1.54) is 6.20 Å². The molecule has 12 heteroatoms. The highest BCUT2D eigenvalue weighted by Crippen LogP contribution is 2.59. The predicted octanol–water partition coefficient (Wildman–Crippen LogP) is 9.27. The second-order valence-electron chi connectivity index (χ2n) is 5.75. The summed E-state index contributed by atoms with van der Waals surface area (Å²) >= 11 is 24.4. The lowest BCUT2D eigenvalue weighted by Crippen LogP contribution is -2.05. The molecule has 31 heavy (non-hydrogen) atoms. The molecule has 0 aliphatic carbocycles. The number of aryl methyl sites for hydroxylation is 2. The summed E-state index contributed by atoms with van der Waals surface area (Å²) in [7, 11) is 0. The lowest BCUT2D eigenvalue weighted by molar-refractivity contribution is 1.22. The summed E-state index contributed by atoms with van der Waals surface area (Å²) in [5.74, 6) is 0. The third kappa shape index (κ3) is 8.61. The fourth-order valence-electron chi connectivity index (χ4n) is 2.28. The number of nitrogens with one attached hydrogen (secondary N) is 1. The molecule has 4 rings (SSSR count). The summed E-state index contributed by atoms with van der Waals surface area (Å²) in [6.07, 6.45) is 3.09. The van der Waals surface area contributed by atoms with Crippen LogP contribution in [0.25, 0.3) is 22.1 Å². The van der Waals surface area contributed by atoms with E-state index in [1.54, 1.807) is 6.20 Å². The normalized spacial score (nSPS) is 10.1. The van der Waals surface area contributed by atoms with Crippen LogP contribution in [0.1, 0.15) is 18.8 Å². The van der Waals surface area contributed by atoms with E-state index in [-0.39, 0.29) is 21.9 Å². The van der Waals surface area contributed by atoms with E-state index in [2.05, 4.69) is 82.3 Å². The summed E-state index contributed by atoms with van der Waals surface area (Å²) in [4.78, 5) is 27.0. The highest BCUT2D eigenvalue weighted by atomic mass is 80.0. The zero-order chi connectivity index (χ0) is 22.4. The van der Waals surface area contributed by atoms with Crippen LogP contribution < -0.4 is 5.43 Å². The molecule has 5 nitrogen and oxygen atoms in total. The van der Waals surface area contributed by atoms with Crippen LogP contribution in [0.3, 0.4) is 0 Å². The minimum atomic E-state index is -0.223. The summed E-state index contributed by atoms with van der Waals surface area (Å²) in [5, 5.41) is 0.760. The first-order valence-electron chi connectivity index (χ1n) is 8.09. The Hall–Kier alpha value is -0.150. The first-order chi connectivity index (χ1) is 14.1. The Morgan fingerprint density at radius 1 is 0.935 bits per heavy atom. The molecule has 4 heterocycles. The minimum absolute atomic E-state index is 0. The molecule has 0 radical (unpaired) electrons. The minimum Gasteiger partial charge on any atom is -0.358 e. The first-order valence-corrected chi connectivity index (χ1v) is 17.0. The van der Waals surface area contributed by atoms with Crippen molar-refractivity contribution in [3.05, 3.63) is 72.8 Å². The van der Waals surface area contributed by atoms with Crippen molar-refractivity contribution in [2.75, 3.05) is 0 Å². The molecule has 0 saturated heterocycles. The topological polar surface area (TPSA) is 71.5 Å². The van der Waals surface area contributed by atoms with E-state index in [0.29, 0.717) is 16.1 Å². The molecule has 0 spiro atoms. The van der Waals surface area contributed by atoms with Crippen LogP contribution in [0.4, 0.5) is 0 Å². The Labute approximate surface area is 223 Å². The van der Waals surface area contributed by atoms with Gasteiger partial charge in [-0.2, -0.15) is 0 Å². The number of hydrogen-bond acceptors (Lipinski definition) is 4. The van der Waals surface area contributed by atoms with Gasteiger partial charge in [-0.1, -0.05) is 30.6 Å². The Morgan fingerprint density at radius 2 is 1.48 bits per heavy atom. The Morgan fingerprint density at radius 3 is 2.10 bits per heavy atom. The molecular formula is C19H17Br4Cl2N4OP. The SMILES string of the molecule is BrP(Br)Br.C.Cc1ccc2[nH]cc(Cl)c(=O)c2n1.Cc1ccc2ncc(Cl)c(Br)c2n1. The number of fused-ring (bicyclic) bond motifs is 2. The molecule has 166 valence electrons. The van der Waals surface area contributed by atoms with E-state index in [9.17, 15) is 4.79 Å². The average molecular weight is 739 g/mol. The van der Waals surface area contributed by atoms with Gasteiger partial charge in [-0.15, -0.1) is 0 Å². The number of hydrogen-bond donors (Lipinski definition) is 1. The monoisotopic (exact) mass is 734 g/mol. The van der Waals surface area contributed by atoms with Gasteiger partial charge in [0.05, 0.1) is 20.5 Å². The summed E-state index contributed by atoms with van der Waals surface area (Å²) in [6, 6.07) is 7.51. The van der Waals surface area contributed by atoms with Gasteiger partial charge in [0.25, 0.3) is 0 Å². The van der Waals surface area contributed by atoms with Gasteiger partial charge in [-0.05, 0) is 101 Å². The van der Waals surface area contributed by atoms with Gasteiger partial charge in [0.1, 0.15) is 20.1 Å². The van der Waals surface area contributed by atoms with Crippen LogP contribution >= 0.6 is 89.6 Å². The fourth-order valence-corrected chi connectivity index (χ4v) is 2.95. The standard InChI is InChI=1S/C9H6BrClN2.C9H7ClN2O.CH4.Br3P/c1-5-2-3-7-9(13-5)8(10)6(11)4-12-7;1-5-2-3-7-8(12-5)9(13)6(10)4-11-7;;1-4(2)3/h2-4H,1H3;2-4H,1H3,(H,11,13);1H4;. The molecule has 0 fully saturated rings. The molecule has 4 aromatic heterocycles. The number of aromatic nitrogens is 4. The van der Waals surface area contributed by atoms with Gasteiger partial charge >= 0.3 is 0 Å². The maximum Gasteiger partial charge on any atom is 0.226 e. The number of H-pyrrole nitrogens is 1. The summed E-state index contributed by atoms with van der Waals surface area (Å²) < 4.78 is 0.625. The van der Waals surface area contributed by atoms with Gasteiger partial charge in [-0.25, -0.2) is 4.98 Å². The van der Waals surface area contributed by atoms with Crippen LogP contribution in [-0.2, 0) is 0 Å². The second-order valence-corrected chi connectivity index (χ2v) is 22.7. The molecule has 0 saturated carbocycles. The molecule has 0 amide bonds.